The molecule has 2 heterocycles. The highest BCUT2D eigenvalue weighted by Crippen LogP contribution is 2.15. The standard InChI is InChI=1S/C14H26N4O2/c1-3-16-13(19)12-10-15-6-9-18(12)11(2)14(20)17-7-4-5-8-17/h11-12,15H,3-10H2,1-2H3,(H,16,19). The van der Waals surface area contributed by atoms with E-state index in [1.807, 2.05) is 23.6 Å². The normalized spacial score (nSPS) is 25.5. The van der Waals surface area contributed by atoms with E-state index in [0.29, 0.717) is 13.1 Å². The lowest BCUT2D eigenvalue weighted by atomic mass is 10.1. The van der Waals surface area contributed by atoms with E-state index in [-0.39, 0.29) is 23.9 Å². The largest absolute Gasteiger partial charge is 0.355 e. The molecule has 0 aromatic carbocycles. The van der Waals surface area contributed by atoms with Crippen LogP contribution < -0.4 is 10.6 Å². The number of nitrogens with one attached hydrogen (secondary N) is 2. The topological polar surface area (TPSA) is 64.7 Å². The summed E-state index contributed by atoms with van der Waals surface area (Å²) in [4.78, 5) is 28.6. The van der Waals surface area contributed by atoms with Gasteiger partial charge in [-0.3, -0.25) is 14.5 Å². The second kappa shape index (κ2) is 7.04. The van der Waals surface area contributed by atoms with Crippen LogP contribution in [0, 0.1) is 0 Å². The Morgan fingerprint density at radius 3 is 2.65 bits per heavy atom. The van der Waals surface area contributed by atoms with E-state index in [1.54, 1.807) is 0 Å². The molecule has 0 radical (unpaired) electrons. The Bertz CT molecular complexity index is 355. The molecule has 2 amide bonds. The molecule has 114 valence electrons. The van der Waals surface area contributed by atoms with Crippen LogP contribution in [0.1, 0.15) is 26.7 Å². The van der Waals surface area contributed by atoms with Gasteiger partial charge in [-0.15, -0.1) is 0 Å². The zero-order valence-corrected chi connectivity index (χ0v) is 12.5. The number of rotatable bonds is 4. The third-order valence-electron chi connectivity index (χ3n) is 4.21. The zero-order chi connectivity index (χ0) is 14.5. The molecule has 2 atom stereocenters. The van der Waals surface area contributed by atoms with E-state index < -0.39 is 0 Å². The highest BCUT2D eigenvalue weighted by Gasteiger charge is 2.36. The van der Waals surface area contributed by atoms with Crippen LogP contribution in [-0.4, -0.2) is 73.0 Å². The summed E-state index contributed by atoms with van der Waals surface area (Å²) in [5.41, 5.74) is 0. The van der Waals surface area contributed by atoms with Crippen LogP contribution in [0.25, 0.3) is 0 Å². The quantitative estimate of drug-likeness (QED) is 0.723. The summed E-state index contributed by atoms with van der Waals surface area (Å²) in [6.45, 7) is 8.37. The van der Waals surface area contributed by atoms with Crippen LogP contribution in [0.5, 0.6) is 0 Å². The van der Waals surface area contributed by atoms with Gasteiger partial charge in [-0.05, 0) is 26.7 Å². The first-order chi connectivity index (χ1) is 9.65. The van der Waals surface area contributed by atoms with E-state index >= 15 is 0 Å². The van der Waals surface area contributed by atoms with Crippen molar-refractivity contribution < 1.29 is 9.59 Å². The Hall–Kier alpha value is -1.14. The van der Waals surface area contributed by atoms with Crippen LogP contribution in [0.3, 0.4) is 0 Å². The van der Waals surface area contributed by atoms with Crippen molar-refractivity contribution in [1.82, 2.24) is 20.4 Å². The number of piperazine rings is 1. The van der Waals surface area contributed by atoms with Gasteiger partial charge < -0.3 is 15.5 Å². The van der Waals surface area contributed by atoms with Crippen molar-refractivity contribution in [3.05, 3.63) is 0 Å². The van der Waals surface area contributed by atoms with Crippen molar-refractivity contribution in [3.8, 4) is 0 Å². The second-order valence-corrected chi connectivity index (χ2v) is 5.56. The maximum atomic E-state index is 12.5. The van der Waals surface area contributed by atoms with Gasteiger partial charge in [0.15, 0.2) is 0 Å². The summed E-state index contributed by atoms with van der Waals surface area (Å²) >= 11 is 0. The molecule has 0 aromatic heterocycles. The minimum atomic E-state index is -0.245. The van der Waals surface area contributed by atoms with Crippen molar-refractivity contribution in [3.63, 3.8) is 0 Å². The Labute approximate surface area is 120 Å². The first-order valence-corrected chi connectivity index (χ1v) is 7.68. The van der Waals surface area contributed by atoms with E-state index in [1.165, 1.54) is 0 Å². The molecule has 6 nitrogen and oxygen atoms in total. The predicted molar refractivity (Wildman–Crippen MR) is 77.3 cm³/mol. The van der Waals surface area contributed by atoms with Crippen molar-refractivity contribution in [2.24, 2.45) is 0 Å². The molecule has 0 aromatic rings. The monoisotopic (exact) mass is 282 g/mol. The summed E-state index contributed by atoms with van der Waals surface area (Å²) in [6.07, 6.45) is 2.19. The first kappa shape index (κ1) is 15.3. The third kappa shape index (κ3) is 3.30. The molecule has 20 heavy (non-hydrogen) atoms. The summed E-state index contributed by atoms with van der Waals surface area (Å²) in [5, 5.41) is 6.10. The van der Waals surface area contributed by atoms with Gasteiger partial charge in [0.05, 0.1) is 6.04 Å². The number of likely N-dealkylation sites (tertiary alicyclic amines) is 1. The van der Waals surface area contributed by atoms with E-state index in [0.717, 1.165) is 39.0 Å². The van der Waals surface area contributed by atoms with Gasteiger partial charge in [0.2, 0.25) is 11.8 Å². The lowest BCUT2D eigenvalue weighted by Crippen LogP contribution is -2.62. The number of carbonyl (C=O) groups excluding carboxylic acids is 2. The molecule has 0 aliphatic carbocycles. The molecule has 2 fully saturated rings. The van der Waals surface area contributed by atoms with Crippen LogP contribution in [0.4, 0.5) is 0 Å². The lowest BCUT2D eigenvalue weighted by Gasteiger charge is -2.39. The Morgan fingerprint density at radius 2 is 2.00 bits per heavy atom. The molecular formula is C14H26N4O2. The van der Waals surface area contributed by atoms with Crippen molar-refractivity contribution in [1.29, 1.82) is 0 Å². The van der Waals surface area contributed by atoms with Gasteiger partial charge in [0, 0.05) is 39.3 Å². The molecule has 0 saturated carbocycles. The van der Waals surface area contributed by atoms with Gasteiger partial charge in [-0.25, -0.2) is 0 Å². The number of likely N-dealkylation sites (N-methyl/N-ethyl adjacent to an activating group) is 1. The molecule has 2 rings (SSSR count). The van der Waals surface area contributed by atoms with E-state index in [9.17, 15) is 9.59 Å². The predicted octanol–water partition coefficient (Wildman–Crippen LogP) is -0.593. The lowest BCUT2D eigenvalue weighted by molar-refractivity contribution is -0.139. The molecule has 2 N–H and O–H groups in total. The average Bonchev–Trinajstić information content (AvgIpc) is 3.00. The van der Waals surface area contributed by atoms with Crippen molar-refractivity contribution >= 4 is 11.8 Å². The van der Waals surface area contributed by atoms with Crippen LogP contribution in [-0.2, 0) is 9.59 Å². The minimum absolute atomic E-state index is 0.0146. The van der Waals surface area contributed by atoms with Gasteiger partial charge >= 0.3 is 0 Å². The number of hydrogen-bond acceptors (Lipinski definition) is 4. The molecule has 2 aliphatic heterocycles. The fourth-order valence-corrected chi connectivity index (χ4v) is 3.06. The molecule has 0 bridgehead atoms. The highest BCUT2D eigenvalue weighted by molar-refractivity contribution is 5.85. The van der Waals surface area contributed by atoms with Crippen molar-refractivity contribution in [2.75, 3.05) is 39.3 Å². The first-order valence-electron chi connectivity index (χ1n) is 7.68. The summed E-state index contributed by atoms with van der Waals surface area (Å²) < 4.78 is 0. The second-order valence-electron chi connectivity index (χ2n) is 5.56. The third-order valence-corrected chi connectivity index (χ3v) is 4.21. The molecule has 6 heteroatoms. The zero-order valence-electron chi connectivity index (χ0n) is 12.5. The number of nitrogens with zero attached hydrogens (tertiary/aromatic N) is 2. The fourth-order valence-electron chi connectivity index (χ4n) is 3.06. The summed E-state index contributed by atoms with van der Waals surface area (Å²) in [5.74, 6) is 0.180. The van der Waals surface area contributed by atoms with E-state index in [4.69, 9.17) is 0 Å². The maximum absolute atomic E-state index is 12.5. The van der Waals surface area contributed by atoms with Gasteiger partial charge in [-0.1, -0.05) is 0 Å². The highest BCUT2D eigenvalue weighted by atomic mass is 16.2. The van der Waals surface area contributed by atoms with E-state index in [2.05, 4.69) is 10.6 Å². The Balaban J connectivity index is 2.02. The Morgan fingerprint density at radius 1 is 1.30 bits per heavy atom. The number of carbonyl (C=O) groups is 2. The van der Waals surface area contributed by atoms with Crippen LogP contribution >= 0.6 is 0 Å². The molecule has 0 spiro atoms. The smallest absolute Gasteiger partial charge is 0.239 e. The molecular weight excluding hydrogens is 256 g/mol. The number of hydrogen-bond donors (Lipinski definition) is 2. The van der Waals surface area contributed by atoms with Crippen LogP contribution in [0.2, 0.25) is 0 Å². The fraction of sp³-hybridized carbons (Fsp3) is 0.857. The molecule has 2 unspecified atom stereocenters. The van der Waals surface area contributed by atoms with Gasteiger partial charge in [-0.2, -0.15) is 0 Å². The minimum Gasteiger partial charge on any atom is -0.355 e. The van der Waals surface area contributed by atoms with Crippen LogP contribution in [0.15, 0.2) is 0 Å². The molecule has 2 saturated heterocycles. The molecule has 2 aliphatic rings. The average molecular weight is 282 g/mol. The van der Waals surface area contributed by atoms with Gasteiger partial charge in [0.25, 0.3) is 0 Å². The van der Waals surface area contributed by atoms with Gasteiger partial charge in [0.1, 0.15) is 6.04 Å². The Kier molecular flexibility index (Phi) is 5.37. The van der Waals surface area contributed by atoms with Crippen molar-refractivity contribution in [2.45, 2.75) is 38.8 Å². The summed E-state index contributed by atoms with van der Waals surface area (Å²) in [6, 6.07) is -0.465. The maximum Gasteiger partial charge on any atom is 0.239 e. The number of amides is 2. The SMILES string of the molecule is CCNC(=O)C1CNCCN1C(C)C(=O)N1CCCC1. The summed E-state index contributed by atoms with van der Waals surface area (Å²) in [7, 11) is 0.